The van der Waals surface area contributed by atoms with Gasteiger partial charge in [0, 0.05) is 12.6 Å². The van der Waals surface area contributed by atoms with Crippen molar-refractivity contribution in [1.82, 2.24) is 10.2 Å². The highest BCUT2D eigenvalue weighted by molar-refractivity contribution is 5.88. The molecule has 2 amide bonds. The fraction of sp³-hybridized carbons (Fsp3) is 0.440. The molecule has 0 bridgehead atoms. The molecule has 0 saturated carbocycles. The second-order valence-electron chi connectivity index (χ2n) is 7.91. The van der Waals surface area contributed by atoms with E-state index < -0.39 is 6.04 Å². The van der Waals surface area contributed by atoms with Gasteiger partial charge < -0.3 is 10.2 Å². The first kappa shape index (κ1) is 22.7. The number of hydrogen-bond acceptors (Lipinski definition) is 2. The van der Waals surface area contributed by atoms with Crippen molar-refractivity contribution in [3.63, 3.8) is 0 Å². The van der Waals surface area contributed by atoms with Gasteiger partial charge in [-0.25, -0.2) is 0 Å². The van der Waals surface area contributed by atoms with Crippen LogP contribution in [0, 0.1) is 13.8 Å². The SMILES string of the molecule is CC[C@H](C)NC(=O)[C@H](CC)N(Cc1ccc(C)cc1)C(=O)Cc1ccc(C)cc1. The molecule has 4 heteroatoms. The number of hydrogen-bond donors (Lipinski definition) is 1. The molecule has 0 fully saturated rings. The summed E-state index contributed by atoms with van der Waals surface area (Å²) in [6.45, 7) is 10.5. The second kappa shape index (κ2) is 10.8. The van der Waals surface area contributed by atoms with Crippen LogP contribution in [0.2, 0.25) is 0 Å². The Labute approximate surface area is 175 Å². The van der Waals surface area contributed by atoms with Crippen LogP contribution >= 0.6 is 0 Å². The summed E-state index contributed by atoms with van der Waals surface area (Å²) >= 11 is 0. The fourth-order valence-corrected chi connectivity index (χ4v) is 3.23. The molecule has 0 spiro atoms. The van der Waals surface area contributed by atoms with Crippen LogP contribution in [0.4, 0.5) is 0 Å². The molecule has 2 aromatic rings. The summed E-state index contributed by atoms with van der Waals surface area (Å²) in [4.78, 5) is 27.9. The molecule has 1 N–H and O–H groups in total. The third-order valence-corrected chi connectivity index (χ3v) is 5.34. The smallest absolute Gasteiger partial charge is 0.243 e. The summed E-state index contributed by atoms with van der Waals surface area (Å²) in [5, 5.41) is 3.05. The van der Waals surface area contributed by atoms with Gasteiger partial charge in [0.25, 0.3) is 0 Å². The third-order valence-electron chi connectivity index (χ3n) is 5.34. The minimum atomic E-state index is -0.483. The zero-order valence-electron chi connectivity index (χ0n) is 18.4. The lowest BCUT2D eigenvalue weighted by molar-refractivity contribution is -0.141. The number of nitrogens with one attached hydrogen (secondary N) is 1. The highest BCUT2D eigenvalue weighted by Gasteiger charge is 2.29. The van der Waals surface area contributed by atoms with Crippen molar-refractivity contribution in [3.8, 4) is 0 Å². The lowest BCUT2D eigenvalue weighted by Gasteiger charge is -2.31. The molecule has 2 atom stereocenters. The molecule has 29 heavy (non-hydrogen) atoms. The summed E-state index contributed by atoms with van der Waals surface area (Å²) in [5.41, 5.74) is 4.33. The predicted molar refractivity (Wildman–Crippen MR) is 119 cm³/mol. The second-order valence-corrected chi connectivity index (χ2v) is 7.91. The summed E-state index contributed by atoms with van der Waals surface area (Å²) < 4.78 is 0. The number of carbonyl (C=O) groups is 2. The topological polar surface area (TPSA) is 49.4 Å². The van der Waals surface area contributed by atoms with Crippen molar-refractivity contribution >= 4 is 11.8 Å². The average Bonchev–Trinajstić information content (AvgIpc) is 2.70. The molecule has 0 unspecified atom stereocenters. The molecule has 0 saturated heterocycles. The van der Waals surface area contributed by atoms with E-state index in [4.69, 9.17) is 0 Å². The monoisotopic (exact) mass is 394 g/mol. The first-order chi connectivity index (χ1) is 13.8. The largest absolute Gasteiger partial charge is 0.352 e. The zero-order chi connectivity index (χ0) is 21.4. The van der Waals surface area contributed by atoms with Gasteiger partial charge >= 0.3 is 0 Å². The van der Waals surface area contributed by atoms with Crippen molar-refractivity contribution in [2.45, 2.75) is 72.5 Å². The van der Waals surface area contributed by atoms with Gasteiger partial charge in [-0.15, -0.1) is 0 Å². The molecule has 2 aromatic carbocycles. The lowest BCUT2D eigenvalue weighted by atomic mass is 10.0. The van der Waals surface area contributed by atoms with E-state index >= 15 is 0 Å². The summed E-state index contributed by atoms with van der Waals surface area (Å²) in [5.74, 6) is -0.105. The first-order valence-electron chi connectivity index (χ1n) is 10.5. The van der Waals surface area contributed by atoms with E-state index in [1.54, 1.807) is 4.90 Å². The van der Waals surface area contributed by atoms with E-state index in [1.165, 1.54) is 5.56 Å². The van der Waals surface area contributed by atoms with Gasteiger partial charge in [-0.1, -0.05) is 73.5 Å². The lowest BCUT2D eigenvalue weighted by Crippen LogP contribution is -2.51. The van der Waals surface area contributed by atoms with Crippen LogP contribution < -0.4 is 5.32 Å². The Hall–Kier alpha value is -2.62. The highest BCUT2D eigenvalue weighted by atomic mass is 16.2. The molecule has 0 aliphatic heterocycles. The quantitative estimate of drug-likeness (QED) is 0.677. The van der Waals surface area contributed by atoms with Crippen LogP contribution in [0.3, 0.4) is 0 Å². The van der Waals surface area contributed by atoms with E-state index in [0.717, 1.165) is 23.1 Å². The van der Waals surface area contributed by atoms with Crippen molar-refractivity contribution in [2.75, 3.05) is 0 Å². The Morgan fingerprint density at radius 1 is 0.862 bits per heavy atom. The molecule has 2 rings (SSSR count). The summed E-state index contributed by atoms with van der Waals surface area (Å²) in [6.07, 6.45) is 1.73. The maximum Gasteiger partial charge on any atom is 0.243 e. The molecule has 0 aromatic heterocycles. The number of nitrogens with zero attached hydrogens (tertiary/aromatic N) is 1. The zero-order valence-corrected chi connectivity index (χ0v) is 18.4. The molecule has 0 heterocycles. The Kier molecular flexibility index (Phi) is 8.44. The molecule has 4 nitrogen and oxygen atoms in total. The van der Waals surface area contributed by atoms with Crippen LogP contribution in [-0.2, 0) is 22.6 Å². The molecule has 0 radical (unpaired) electrons. The minimum Gasteiger partial charge on any atom is -0.352 e. The van der Waals surface area contributed by atoms with Crippen LogP contribution in [0.25, 0.3) is 0 Å². The van der Waals surface area contributed by atoms with Crippen molar-refractivity contribution in [3.05, 3.63) is 70.8 Å². The number of amides is 2. The highest BCUT2D eigenvalue weighted by Crippen LogP contribution is 2.16. The van der Waals surface area contributed by atoms with Crippen LogP contribution in [0.15, 0.2) is 48.5 Å². The van der Waals surface area contributed by atoms with E-state index in [2.05, 4.69) is 5.32 Å². The van der Waals surface area contributed by atoms with Gasteiger partial charge in [0.15, 0.2) is 0 Å². The van der Waals surface area contributed by atoms with Gasteiger partial charge in [0.05, 0.1) is 6.42 Å². The van der Waals surface area contributed by atoms with Gasteiger partial charge in [-0.05, 0) is 44.7 Å². The normalized spacial score (nSPS) is 12.9. The standard InChI is InChI=1S/C25H34N2O2/c1-6-20(5)26-25(29)23(7-2)27(17-22-14-10-19(4)11-15-22)24(28)16-21-12-8-18(3)9-13-21/h8-15,20,23H,6-7,16-17H2,1-5H3,(H,26,29)/t20-,23-/m0/s1. The predicted octanol–water partition coefficient (Wildman–Crippen LogP) is 4.57. The Bertz CT molecular complexity index is 797. The van der Waals surface area contributed by atoms with Gasteiger partial charge in [0.2, 0.25) is 11.8 Å². The van der Waals surface area contributed by atoms with Crippen molar-refractivity contribution in [1.29, 1.82) is 0 Å². The summed E-state index contributed by atoms with van der Waals surface area (Å²) in [6, 6.07) is 15.7. The Balaban J connectivity index is 2.26. The molecule has 0 aliphatic carbocycles. The maximum absolute atomic E-state index is 13.3. The first-order valence-corrected chi connectivity index (χ1v) is 10.5. The Morgan fingerprint density at radius 3 is 1.86 bits per heavy atom. The molecular formula is C25H34N2O2. The van der Waals surface area contributed by atoms with E-state index in [-0.39, 0.29) is 17.9 Å². The van der Waals surface area contributed by atoms with E-state index in [9.17, 15) is 9.59 Å². The Morgan fingerprint density at radius 2 is 1.38 bits per heavy atom. The number of rotatable bonds is 9. The molecular weight excluding hydrogens is 360 g/mol. The number of benzene rings is 2. The maximum atomic E-state index is 13.3. The number of carbonyl (C=O) groups excluding carboxylic acids is 2. The molecule has 0 aliphatic rings. The van der Waals surface area contributed by atoms with Crippen LogP contribution in [0.1, 0.15) is 55.9 Å². The molecule has 156 valence electrons. The van der Waals surface area contributed by atoms with Gasteiger partial charge in [0.1, 0.15) is 6.04 Å². The van der Waals surface area contributed by atoms with Crippen molar-refractivity contribution in [2.24, 2.45) is 0 Å². The van der Waals surface area contributed by atoms with Crippen molar-refractivity contribution < 1.29 is 9.59 Å². The van der Waals surface area contributed by atoms with Gasteiger partial charge in [-0.2, -0.15) is 0 Å². The fourth-order valence-electron chi connectivity index (χ4n) is 3.23. The van der Waals surface area contributed by atoms with E-state index in [0.29, 0.717) is 19.4 Å². The number of aryl methyl sites for hydroxylation is 2. The third kappa shape index (κ3) is 6.74. The van der Waals surface area contributed by atoms with Crippen LogP contribution in [-0.4, -0.2) is 28.8 Å². The summed E-state index contributed by atoms with van der Waals surface area (Å²) in [7, 11) is 0. The minimum absolute atomic E-state index is 0.0272. The van der Waals surface area contributed by atoms with E-state index in [1.807, 2.05) is 83.1 Å². The van der Waals surface area contributed by atoms with Gasteiger partial charge in [-0.3, -0.25) is 9.59 Å². The van der Waals surface area contributed by atoms with Crippen LogP contribution in [0.5, 0.6) is 0 Å². The average molecular weight is 395 g/mol.